The number of thioether (sulfide) groups is 1. The van der Waals surface area contributed by atoms with Crippen molar-refractivity contribution in [3.8, 4) is 0 Å². The molecule has 94 valence electrons. The molecule has 0 radical (unpaired) electrons. The van der Waals surface area contributed by atoms with Gasteiger partial charge in [-0.3, -0.25) is 0 Å². The van der Waals surface area contributed by atoms with Crippen LogP contribution in [0.15, 0.2) is 54.3 Å². The van der Waals surface area contributed by atoms with Gasteiger partial charge in [-0.05, 0) is 23.3 Å². The highest BCUT2D eigenvalue weighted by molar-refractivity contribution is 7.98. The Morgan fingerprint density at radius 1 is 1.21 bits per heavy atom. The molecule has 19 heavy (non-hydrogen) atoms. The summed E-state index contributed by atoms with van der Waals surface area (Å²) in [6.07, 6.45) is 3.60. The van der Waals surface area contributed by atoms with Crippen LogP contribution in [0.4, 0.5) is 0 Å². The highest BCUT2D eigenvalue weighted by atomic mass is 32.2. The zero-order valence-corrected chi connectivity index (χ0v) is 11.2. The topological polar surface area (TPSA) is 41.6 Å². The first-order valence-corrected chi connectivity index (χ1v) is 6.98. The van der Waals surface area contributed by atoms with E-state index in [-0.39, 0.29) is 0 Å². The van der Waals surface area contributed by atoms with Crippen molar-refractivity contribution in [3.63, 3.8) is 0 Å². The van der Waals surface area contributed by atoms with Crippen LogP contribution in [0.2, 0.25) is 0 Å². The second kappa shape index (κ2) is 5.28. The Labute approximate surface area is 115 Å². The fourth-order valence-electron chi connectivity index (χ4n) is 1.79. The molecular formula is C15H13N3S. The third-order valence-electron chi connectivity index (χ3n) is 2.83. The number of hydrogen-bond acceptors (Lipinski definition) is 3. The summed E-state index contributed by atoms with van der Waals surface area (Å²) in [5.41, 5.74) is 4.16. The Bertz CT molecular complexity index is 668. The molecule has 0 unspecified atom stereocenters. The zero-order chi connectivity index (χ0) is 13.1. The molecule has 0 amide bonds. The van der Waals surface area contributed by atoms with Gasteiger partial charge < -0.3 is 4.98 Å². The summed E-state index contributed by atoms with van der Waals surface area (Å²) in [5.74, 6) is 0.886. The molecule has 0 spiro atoms. The van der Waals surface area contributed by atoms with Crippen LogP contribution < -0.4 is 0 Å². The average molecular weight is 267 g/mol. The number of aromatic nitrogens is 3. The quantitative estimate of drug-likeness (QED) is 0.729. The highest BCUT2D eigenvalue weighted by Gasteiger charge is 2.03. The van der Waals surface area contributed by atoms with Gasteiger partial charge in [-0.15, -0.1) is 0 Å². The number of nitrogens with one attached hydrogen (secondary N) is 1. The maximum absolute atomic E-state index is 4.44. The molecule has 3 nitrogen and oxygen atoms in total. The molecule has 2 heterocycles. The maximum atomic E-state index is 4.44. The molecule has 3 aromatic rings. The van der Waals surface area contributed by atoms with E-state index in [1.807, 2.05) is 18.2 Å². The van der Waals surface area contributed by atoms with E-state index >= 15 is 0 Å². The largest absolute Gasteiger partial charge is 0.332 e. The number of hydrogen-bond donors (Lipinski definition) is 1. The molecule has 3 rings (SSSR count). The minimum Gasteiger partial charge on any atom is -0.332 e. The van der Waals surface area contributed by atoms with Crippen molar-refractivity contribution in [2.45, 2.75) is 10.9 Å². The van der Waals surface area contributed by atoms with Crippen molar-refractivity contribution >= 4 is 29.0 Å². The van der Waals surface area contributed by atoms with Crippen LogP contribution in [0.5, 0.6) is 0 Å². The summed E-state index contributed by atoms with van der Waals surface area (Å²) in [4.78, 5) is 11.9. The van der Waals surface area contributed by atoms with Gasteiger partial charge in [-0.2, -0.15) is 0 Å². The van der Waals surface area contributed by atoms with Crippen molar-refractivity contribution in [2.24, 2.45) is 0 Å². The number of benzene rings is 1. The van der Waals surface area contributed by atoms with Crippen LogP contribution in [-0.4, -0.2) is 15.0 Å². The zero-order valence-electron chi connectivity index (χ0n) is 10.3. The van der Waals surface area contributed by atoms with E-state index in [4.69, 9.17) is 0 Å². The number of fused-ring (bicyclic) bond motifs is 1. The molecule has 2 aromatic heterocycles. The molecule has 0 atom stereocenters. The lowest BCUT2D eigenvalue weighted by molar-refractivity contribution is 1.07. The first-order chi connectivity index (χ1) is 9.35. The van der Waals surface area contributed by atoms with Gasteiger partial charge in [0.05, 0.1) is 5.52 Å². The van der Waals surface area contributed by atoms with Gasteiger partial charge in [0.25, 0.3) is 0 Å². The summed E-state index contributed by atoms with van der Waals surface area (Å²) in [6, 6.07) is 12.3. The van der Waals surface area contributed by atoms with Crippen LogP contribution in [0.1, 0.15) is 11.1 Å². The lowest BCUT2D eigenvalue weighted by Gasteiger charge is -1.99. The first-order valence-electron chi connectivity index (χ1n) is 6.00. The Balaban J connectivity index is 1.72. The Morgan fingerprint density at radius 3 is 2.79 bits per heavy atom. The van der Waals surface area contributed by atoms with E-state index in [1.165, 1.54) is 5.56 Å². The van der Waals surface area contributed by atoms with Crippen LogP contribution in [-0.2, 0) is 5.75 Å². The normalized spacial score (nSPS) is 10.7. The Morgan fingerprint density at radius 2 is 2.05 bits per heavy atom. The molecule has 1 aromatic carbocycles. The second-order valence-electron chi connectivity index (χ2n) is 4.15. The molecule has 0 saturated carbocycles. The van der Waals surface area contributed by atoms with Crippen molar-refractivity contribution in [1.82, 2.24) is 15.0 Å². The predicted octanol–water partition coefficient (Wildman–Crippen LogP) is 3.89. The Kier molecular flexibility index (Phi) is 3.33. The van der Waals surface area contributed by atoms with Gasteiger partial charge in [0, 0.05) is 11.9 Å². The Hall–Kier alpha value is -2.07. The van der Waals surface area contributed by atoms with Crippen molar-refractivity contribution in [3.05, 3.63) is 60.3 Å². The van der Waals surface area contributed by atoms with Crippen LogP contribution in [0, 0.1) is 0 Å². The summed E-state index contributed by atoms with van der Waals surface area (Å²) in [7, 11) is 0. The van der Waals surface area contributed by atoms with Gasteiger partial charge in [0.1, 0.15) is 0 Å². The fraction of sp³-hybridized carbons (Fsp3) is 0.0667. The number of aromatic amines is 1. The van der Waals surface area contributed by atoms with Gasteiger partial charge in [0.2, 0.25) is 0 Å². The lowest BCUT2D eigenvalue weighted by Crippen LogP contribution is -1.82. The third-order valence-corrected chi connectivity index (χ3v) is 3.77. The van der Waals surface area contributed by atoms with Crippen LogP contribution in [0.3, 0.4) is 0 Å². The molecule has 1 N–H and O–H groups in total. The fourth-order valence-corrected chi connectivity index (χ4v) is 2.62. The second-order valence-corrected chi connectivity index (χ2v) is 5.11. The number of rotatable bonds is 4. The molecule has 0 aliphatic carbocycles. The van der Waals surface area contributed by atoms with Gasteiger partial charge in [-0.25, -0.2) is 9.97 Å². The molecule has 0 fully saturated rings. The molecular weight excluding hydrogens is 254 g/mol. The first kappa shape index (κ1) is 12.0. The number of pyridine rings is 1. The SMILES string of the molecule is C=Cc1ccc(CSc2nc3ncccc3[nH]2)cc1. The van der Waals surface area contributed by atoms with Crippen molar-refractivity contribution in [2.75, 3.05) is 0 Å². The maximum Gasteiger partial charge on any atom is 0.178 e. The van der Waals surface area contributed by atoms with Crippen LogP contribution in [0.25, 0.3) is 17.2 Å². The molecule has 0 bridgehead atoms. The summed E-state index contributed by atoms with van der Waals surface area (Å²) < 4.78 is 0. The minimum atomic E-state index is 0.770. The molecule has 0 saturated heterocycles. The summed E-state index contributed by atoms with van der Waals surface area (Å²) in [6.45, 7) is 3.75. The predicted molar refractivity (Wildman–Crippen MR) is 80.0 cm³/mol. The average Bonchev–Trinajstić information content (AvgIpc) is 2.88. The molecule has 0 aliphatic rings. The standard InChI is InChI=1S/C15H13N3S/c1-2-11-5-7-12(8-6-11)10-19-15-17-13-4-3-9-16-14(13)18-15/h2-9H,1,10H2,(H,16,17,18). The smallest absolute Gasteiger partial charge is 0.178 e. The van der Waals surface area contributed by atoms with Crippen molar-refractivity contribution < 1.29 is 0 Å². The van der Waals surface area contributed by atoms with E-state index < -0.39 is 0 Å². The minimum absolute atomic E-state index is 0.770. The number of imidazole rings is 1. The van der Waals surface area contributed by atoms with Gasteiger partial charge in [0.15, 0.2) is 10.8 Å². The van der Waals surface area contributed by atoms with E-state index in [2.05, 4.69) is 45.8 Å². The van der Waals surface area contributed by atoms with E-state index in [9.17, 15) is 0 Å². The van der Waals surface area contributed by atoms with E-state index in [0.29, 0.717) is 0 Å². The lowest BCUT2D eigenvalue weighted by atomic mass is 10.1. The molecule has 4 heteroatoms. The molecule has 0 aliphatic heterocycles. The van der Waals surface area contributed by atoms with E-state index in [0.717, 1.165) is 27.6 Å². The third kappa shape index (κ3) is 2.69. The summed E-state index contributed by atoms with van der Waals surface area (Å²) in [5, 5.41) is 0.904. The van der Waals surface area contributed by atoms with Crippen LogP contribution >= 0.6 is 11.8 Å². The number of nitrogens with zero attached hydrogens (tertiary/aromatic N) is 2. The van der Waals surface area contributed by atoms with Crippen molar-refractivity contribution in [1.29, 1.82) is 0 Å². The van der Waals surface area contributed by atoms with Gasteiger partial charge in [-0.1, -0.05) is 48.7 Å². The summed E-state index contributed by atoms with van der Waals surface area (Å²) >= 11 is 1.68. The van der Waals surface area contributed by atoms with Gasteiger partial charge >= 0.3 is 0 Å². The monoisotopic (exact) mass is 267 g/mol. The number of H-pyrrole nitrogens is 1. The highest BCUT2D eigenvalue weighted by Crippen LogP contribution is 2.22. The van der Waals surface area contributed by atoms with E-state index in [1.54, 1.807) is 18.0 Å².